The highest BCUT2D eigenvalue weighted by atomic mass is 35.5. The zero-order chi connectivity index (χ0) is 9.19. The highest BCUT2D eigenvalue weighted by Gasteiger charge is 2.17. The second-order valence-corrected chi connectivity index (χ2v) is 4.61. The van der Waals surface area contributed by atoms with E-state index in [1.54, 1.807) is 0 Å². The van der Waals surface area contributed by atoms with E-state index in [1.807, 2.05) is 0 Å². The molecule has 1 heterocycles. The normalized spacial score (nSPS) is 11.5. The van der Waals surface area contributed by atoms with Gasteiger partial charge in [0.15, 0.2) is 20.0 Å². The Morgan fingerprint density at radius 3 is 2.50 bits per heavy atom. The summed E-state index contributed by atoms with van der Waals surface area (Å²) < 4.78 is 22.5. The Kier molecular flexibility index (Phi) is 2.64. The predicted octanol–water partition coefficient (Wildman–Crippen LogP) is 0.924. The molecule has 0 aliphatic heterocycles. The van der Waals surface area contributed by atoms with Gasteiger partial charge in [0.25, 0.3) is 0 Å². The number of rotatable bonds is 2. The summed E-state index contributed by atoms with van der Waals surface area (Å²) in [6, 6.07) is 0. The van der Waals surface area contributed by atoms with Gasteiger partial charge in [-0.05, 0) is 0 Å². The van der Waals surface area contributed by atoms with Gasteiger partial charge in [-0.1, -0.05) is 18.5 Å². The molecule has 0 unspecified atom stereocenters. The van der Waals surface area contributed by atoms with Crippen LogP contribution >= 0.6 is 11.6 Å². The maximum Gasteiger partial charge on any atom is 0.198 e. The van der Waals surface area contributed by atoms with E-state index in [9.17, 15) is 8.42 Å². The van der Waals surface area contributed by atoms with E-state index in [1.165, 1.54) is 19.3 Å². The third-order valence-corrected chi connectivity index (χ3v) is 3.33. The molecule has 0 saturated carbocycles. The van der Waals surface area contributed by atoms with Crippen LogP contribution in [0.15, 0.2) is 17.4 Å². The topological polar surface area (TPSA) is 59.9 Å². The van der Waals surface area contributed by atoms with Crippen LogP contribution in [0.4, 0.5) is 0 Å². The Bertz CT molecular complexity index is 377. The van der Waals surface area contributed by atoms with Gasteiger partial charge in [-0.25, -0.2) is 18.4 Å². The maximum atomic E-state index is 11.2. The molecule has 0 aliphatic rings. The summed E-state index contributed by atoms with van der Waals surface area (Å²) in [5.41, 5.74) is 0. The Hall–Kier alpha value is -0.680. The summed E-state index contributed by atoms with van der Waals surface area (Å²) in [4.78, 5) is 7.26. The summed E-state index contributed by atoms with van der Waals surface area (Å²) in [6.07, 6.45) is 2.64. The van der Waals surface area contributed by atoms with Crippen molar-refractivity contribution in [3.8, 4) is 0 Å². The first-order valence-corrected chi connectivity index (χ1v) is 5.30. The van der Waals surface area contributed by atoms with Crippen LogP contribution in [0.5, 0.6) is 0 Å². The van der Waals surface area contributed by atoms with E-state index in [4.69, 9.17) is 11.6 Å². The van der Waals surface area contributed by atoms with Gasteiger partial charge >= 0.3 is 0 Å². The Balaban J connectivity index is 3.30. The lowest BCUT2D eigenvalue weighted by Crippen LogP contribution is -2.07. The largest absolute Gasteiger partial charge is 0.240 e. The minimum Gasteiger partial charge on any atom is -0.240 e. The van der Waals surface area contributed by atoms with Gasteiger partial charge < -0.3 is 0 Å². The van der Waals surface area contributed by atoms with Crippen LogP contribution in [-0.4, -0.2) is 24.1 Å². The molecule has 1 aromatic heterocycles. The van der Waals surface area contributed by atoms with Gasteiger partial charge in [-0.2, -0.15) is 0 Å². The first kappa shape index (κ1) is 9.41. The lowest BCUT2D eigenvalue weighted by molar-refractivity contribution is 0.593. The SMILES string of the molecule is CCS(=O)(=O)c1nccnc1Cl. The van der Waals surface area contributed by atoms with Gasteiger partial charge in [0.05, 0.1) is 5.75 Å². The van der Waals surface area contributed by atoms with E-state index in [2.05, 4.69) is 9.97 Å². The molecule has 0 amide bonds. The zero-order valence-corrected chi connectivity index (χ0v) is 7.93. The van der Waals surface area contributed by atoms with Crippen LogP contribution in [0.25, 0.3) is 0 Å². The van der Waals surface area contributed by atoms with Gasteiger partial charge in [0, 0.05) is 12.4 Å². The fourth-order valence-electron chi connectivity index (χ4n) is 0.654. The number of halogens is 1. The third kappa shape index (κ3) is 1.73. The van der Waals surface area contributed by atoms with E-state index >= 15 is 0 Å². The van der Waals surface area contributed by atoms with Crippen molar-refractivity contribution in [1.82, 2.24) is 9.97 Å². The average Bonchev–Trinajstić information content (AvgIpc) is 2.05. The first-order chi connectivity index (χ1) is 5.58. The number of hydrogen-bond donors (Lipinski definition) is 0. The van der Waals surface area contributed by atoms with Crippen LogP contribution in [0.2, 0.25) is 5.15 Å². The van der Waals surface area contributed by atoms with Gasteiger partial charge in [0.1, 0.15) is 0 Å². The molecular formula is C6H7ClN2O2S. The average molecular weight is 207 g/mol. The van der Waals surface area contributed by atoms with Crippen molar-refractivity contribution in [2.75, 3.05) is 5.75 Å². The first-order valence-electron chi connectivity index (χ1n) is 3.27. The van der Waals surface area contributed by atoms with Gasteiger partial charge in [-0.15, -0.1) is 0 Å². The molecule has 1 aromatic rings. The molecule has 66 valence electrons. The summed E-state index contributed by atoms with van der Waals surface area (Å²) in [7, 11) is -3.33. The van der Waals surface area contributed by atoms with Crippen LogP contribution in [0.1, 0.15) is 6.92 Å². The quantitative estimate of drug-likeness (QED) is 0.722. The van der Waals surface area contributed by atoms with Crippen molar-refractivity contribution in [2.24, 2.45) is 0 Å². The number of hydrogen-bond acceptors (Lipinski definition) is 4. The van der Waals surface area contributed by atoms with Crippen molar-refractivity contribution in [3.05, 3.63) is 17.5 Å². The molecule has 0 saturated heterocycles. The molecule has 0 bridgehead atoms. The third-order valence-electron chi connectivity index (χ3n) is 1.30. The number of nitrogens with zero attached hydrogens (tertiary/aromatic N) is 2. The molecule has 0 atom stereocenters. The zero-order valence-electron chi connectivity index (χ0n) is 6.36. The lowest BCUT2D eigenvalue weighted by Gasteiger charge is -1.99. The molecule has 0 spiro atoms. The molecular weight excluding hydrogens is 200 g/mol. The molecule has 1 rings (SSSR count). The second kappa shape index (κ2) is 3.37. The standard InChI is InChI=1S/C6H7ClN2O2S/c1-2-12(10,11)6-5(7)8-3-4-9-6/h3-4H,2H2,1H3. The highest BCUT2D eigenvalue weighted by molar-refractivity contribution is 7.91. The van der Waals surface area contributed by atoms with E-state index in [-0.39, 0.29) is 15.9 Å². The maximum absolute atomic E-state index is 11.2. The molecule has 0 aromatic carbocycles. The van der Waals surface area contributed by atoms with Crippen molar-refractivity contribution in [2.45, 2.75) is 11.9 Å². The fraction of sp³-hybridized carbons (Fsp3) is 0.333. The number of aromatic nitrogens is 2. The second-order valence-electron chi connectivity index (χ2n) is 2.06. The molecule has 0 fully saturated rings. The van der Waals surface area contributed by atoms with E-state index in [0.717, 1.165) is 0 Å². The van der Waals surface area contributed by atoms with Gasteiger partial charge in [-0.3, -0.25) is 0 Å². The van der Waals surface area contributed by atoms with Gasteiger partial charge in [0.2, 0.25) is 0 Å². The number of sulfone groups is 1. The predicted molar refractivity (Wildman–Crippen MR) is 44.8 cm³/mol. The molecule has 0 aliphatic carbocycles. The Labute approximate surface area is 75.5 Å². The van der Waals surface area contributed by atoms with E-state index < -0.39 is 9.84 Å². The summed E-state index contributed by atoms with van der Waals surface area (Å²) >= 11 is 5.53. The van der Waals surface area contributed by atoms with Crippen LogP contribution in [0, 0.1) is 0 Å². The highest BCUT2D eigenvalue weighted by Crippen LogP contribution is 2.15. The summed E-state index contributed by atoms with van der Waals surface area (Å²) in [5.74, 6) is -0.0224. The monoisotopic (exact) mass is 206 g/mol. The molecule has 12 heavy (non-hydrogen) atoms. The molecule has 0 N–H and O–H groups in total. The summed E-state index contributed by atoms with van der Waals surface area (Å²) in [6.45, 7) is 1.53. The molecule has 4 nitrogen and oxygen atoms in total. The minimum absolute atomic E-state index is 0.0224. The van der Waals surface area contributed by atoms with Crippen molar-refractivity contribution >= 4 is 21.4 Å². The summed E-state index contributed by atoms with van der Waals surface area (Å²) in [5, 5.41) is -0.214. The van der Waals surface area contributed by atoms with Crippen LogP contribution in [-0.2, 0) is 9.84 Å². The Morgan fingerprint density at radius 1 is 1.42 bits per heavy atom. The molecule has 6 heteroatoms. The van der Waals surface area contributed by atoms with Crippen molar-refractivity contribution in [1.29, 1.82) is 0 Å². The molecule has 0 radical (unpaired) electrons. The van der Waals surface area contributed by atoms with Crippen LogP contribution < -0.4 is 0 Å². The van der Waals surface area contributed by atoms with Crippen LogP contribution in [0.3, 0.4) is 0 Å². The van der Waals surface area contributed by atoms with E-state index in [0.29, 0.717) is 0 Å². The Morgan fingerprint density at radius 2 is 2.00 bits per heavy atom. The van der Waals surface area contributed by atoms with Crippen molar-refractivity contribution < 1.29 is 8.42 Å². The lowest BCUT2D eigenvalue weighted by atomic mass is 10.8. The minimum atomic E-state index is -3.33. The van der Waals surface area contributed by atoms with Crippen molar-refractivity contribution in [3.63, 3.8) is 0 Å². The smallest absolute Gasteiger partial charge is 0.198 e. The fourth-order valence-corrected chi connectivity index (χ4v) is 1.92.